The summed E-state index contributed by atoms with van der Waals surface area (Å²) in [5.74, 6) is 5.34. The van der Waals surface area contributed by atoms with Crippen molar-refractivity contribution < 1.29 is 4.39 Å². The van der Waals surface area contributed by atoms with E-state index in [1.54, 1.807) is 25.4 Å². The number of benzene rings is 1. The predicted molar refractivity (Wildman–Crippen MR) is 69.1 cm³/mol. The van der Waals surface area contributed by atoms with Gasteiger partial charge in [0.2, 0.25) is 0 Å². The summed E-state index contributed by atoms with van der Waals surface area (Å²) in [5, 5.41) is 0. The molecule has 94 valence electrons. The van der Waals surface area contributed by atoms with Gasteiger partial charge >= 0.3 is 0 Å². The third-order valence-corrected chi connectivity index (χ3v) is 2.96. The molecule has 1 unspecified atom stereocenters. The Bertz CT molecular complexity index is 514. The van der Waals surface area contributed by atoms with E-state index in [1.807, 2.05) is 18.2 Å². The Morgan fingerprint density at radius 1 is 1.39 bits per heavy atom. The number of hydrazine groups is 1. The monoisotopic (exact) mass is 245 g/mol. The number of nitrogens with two attached hydrogens (primary N) is 1. The van der Waals surface area contributed by atoms with Crippen LogP contribution >= 0.6 is 0 Å². The molecule has 1 aromatic heterocycles. The van der Waals surface area contributed by atoms with Gasteiger partial charge in [0.15, 0.2) is 0 Å². The molecule has 0 saturated heterocycles. The molecule has 0 radical (unpaired) electrons. The minimum absolute atomic E-state index is 0.121. The van der Waals surface area contributed by atoms with Gasteiger partial charge in [0.1, 0.15) is 5.82 Å². The summed E-state index contributed by atoms with van der Waals surface area (Å²) in [4.78, 5) is 4.05. The molecule has 2 aromatic rings. The number of nitrogens with zero attached hydrogens (tertiary/aromatic N) is 1. The molecule has 0 aliphatic carbocycles. The fraction of sp³-hybridized carbons (Fsp3) is 0.214. The molecule has 1 atom stereocenters. The largest absolute Gasteiger partial charge is 0.271 e. The number of nitrogens with one attached hydrogen (secondary N) is 1. The number of hydrogen-bond acceptors (Lipinski definition) is 3. The maximum atomic E-state index is 13.5. The van der Waals surface area contributed by atoms with Crippen molar-refractivity contribution in [2.45, 2.75) is 19.4 Å². The van der Waals surface area contributed by atoms with Crippen molar-refractivity contribution in [1.29, 1.82) is 0 Å². The number of rotatable bonds is 4. The minimum Gasteiger partial charge on any atom is -0.271 e. The van der Waals surface area contributed by atoms with Crippen LogP contribution in [-0.4, -0.2) is 4.98 Å². The summed E-state index contributed by atoms with van der Waals surface area (Å²) in [7, 11) is 0. The number of halogens is 1. The normalized spacial score (nSPS) is 12.4. The average Bonchev–Trinajstić information content (AvgIpc) is 2.40. The van der Waals surface area contributed by atoms with Crippen molar-refractivity contribution in [2.24, 2.45) is 5.84 Å². The highest BCUT2D eigenvalue weighted by atomic mass is 19.1. The highest BCUT2D eigenvalue weighted by molar-refractivity contribution is 5.27. The second-order valence-electron chi connectivity index (χ2n) is 4.29. The summed E-state index contributed by atoms with van der Waals surface area (Å²) in [6.45, 7) is 1.74. The van der Waals surface area contributed by atoms with Crippen LogP contribution in [0.2, 0.25) is 0 Å². The van der Waals surface area contributed by atoms with Crippen molar-refractivity contribution in [3.63, 3.8) is 0 Å². The van der Waals surface area contributed by atoms with Crippen molar-refractivity contribution >= 4 is 0 Å². The van der Waals surface area contributed by atoms with E-state index in [4.69, 9.17) is 5.84 Å². The Morgan fingerprint density at radius 3 is 2.83 bits per heavy atom. The molecule has 0 aliphatic rings. The lowest BCUT2D eigenvalue weighted by Crippen LogP contribution is -2.29. The molecule has 1 aromatic carbocycles. The molecule has 0 aliphatic heterocycles. The van der Waals surface area contributed by atoms with E-state index in [-0.39, 0.29) is 11.9 Å². The van der Waals surface area contributed by atoms with Gasteiger partial charge in [-0.2, -0.15) is 0 Å². The van der Waals surface area contributed by atoms with Gasteiger partial charge in [-0.3, -0.25) is 16.3 Å². The van der Waals surface area contributed by atoms with Crippen molar-refractivity contribution in [3.8, 4) is 0 Å². The quantitative estimate of drug-likeness (QED) is 0.642. The van der Waals surface area contributed by atoms with E-state index in [0.717, 1.165) is 11.1 Å². The van der Waals surface area contributed by atoms with E-state index in [9.17, 15) is 4.39 Å². The van der Waals surface area contributed by atoms with Crippen LogP contribution < -0.4 is 11.3 Å². The van der Waals surface area contributed by atoms with Gasteiger partial charge in [-0.05, 0) is 42.2 Å². The Labute approximate surface area is 106 Å². The fourth-order valence-corrected chi connectivity index (χ4v) is 1.85. The molecule has 18 heavy (non-hydrogen) atoms. The molecule has 1 heterocycles. The van der Waals surface area contributed by atoms with Gasteiger partial charge in [0.25, 0.3) is 0 Å². The molecule has 3 nitrogen and oxygen atoms in total. The van der Waals surface area contributed by atoms with E-state index in [0.29, 0.717) is 12.0 Å². The molecule has 0 fully saturated rings. The van der Waals surface area contributed by atoms with Crippen molar-refractivity contribution in [1.82, 2.24) is 10.4 Å². The summed E-state index contributed by atoms with van der Waals surface area (Å²) >= 11 is 0. The Kier molecular flexibility index (Phi) is 4.02. The highest BCUT2D eigenvalue weighted by Gasteiger charge is 2.12. The van der Waals surface area contributed by atoms with Gasteiger partial charge in [0, 0.05) is 12.4 Å². The highest BCUT2D eigenvalue weighted by Crippen LogP contribution is 2.19. The standard InChI is InChI=1S/C14H16FN3/c1-10-4-5-12(8-13(10)15)14(18-16)7-11-3-2-6-17-9-11/h2-6,8-9,14,18H,7,16H2,1H3. The van der Waals surface area contributed by atoms with Crippen LogP contribution in [-0.2, 0) is 6.42 Å². The minimum atomic E-state index is -0.209. The first-order valence-electron chi connectivity index (χ1n) is 5.82. The third-order valence-electron chi connectivity index (χ3n) is 2.96. The summed E-state index contributed by atoms with van der Waals surface area (Å²) in [6.07, 6.45) is 4.18. The first kappa shape index (κ1) is 12.7. The fourth-order valence-electron chi connectivity index (χ4n) is 1.85. The molecular formula is C14H16FN3. The van der Waals surface area contributed by atoms with Gasteiger partial charge in [-0.1, -0.05) is 18.2 Å². The van der Waals surface area contributed by atoms with Crippen LogP contribution in [0.4, 0.5) is 4.39 Å². The zero-order valence-corrected chi connectivity index (χ0v) is 10.2. The van der Waals surface area contributed by atoms with E-state index in [2.05, 4.69) is 10.4 Å². The Balaban J connectivity index is 2.20. The smallest absolute Gasteiger partial charge is 0.126 e. The lowest BCUT2D eigenvalue weighted by Gasteiger charge is -2.16. The van der Waals surface area contributed by atoms with E-state index >= 15 is 0 Å². The van der Waals surface area contributed by atoms with E-state index < -0.39 is 0 Å². The molecule has 0 bridgehead atoms. The van der Waals surface area contributed by atoms with Crippen LogP contribution in [0.15, 0.2) is 42.7 Å². The Hall–Kier alpha value is -1.78. The summed E-state index contributed by atoms with van der Waals surface area (Å²) < 4.78 is 13.5. The van der Waals surface area contributed by atoms with Crippen LogP contribution in [0, 0.1) is 12.7 Å². The third kappa shape index (κ3) is 2.91. The van der Waals surface area contributed by atoms with Gasteiger partial charge in [0.05, 0.1) is 6.04 Å². The second kappa shape index (κ2) is 5.71. The van der Waals surface area contributed by atoms with Crippen molar-refractivity contribution in [2.75, 3.05) is 0 Å². The first-order valence-corrected chi connectivity index (χ1v) is 5.82. The number of hydrogen-bond donors (Lipinski definition) is 2. The molecule has 0 spiro atoms. The van der Waals surface area contributed by atoms with E-state index in [1.165, 1.54) is 6.07 Å². The zero-order valence-electron chi connectivity index (χ0n) is 10.2. The van der Waals surface area contributed by atoms with Crippen LogP contribution in [0.5, 0.6) is 0 Å². The molecule has 2 rings (SSSR count). The average molecular weight is 245 g/mol. The topological polar surface area (TPSA) is 50.9 Å². The maximum absolute atomic E-state index is 13.5. The van der Waals surface area contributed by atoms with Crippen LogP contribution in [0.1, 0.15) is 22.7 Å². The molecule has 0 saturated carbocycles. The van der Waals surface area contributed by atoms with Crippen LogP contribution in [0.25, 0.3) is 0 Å². The summed E-state index contributed by atoms with van der Waals surface area (Å²) in [5.41, 5.74) is 5.25. The molecule has 3 N–H and O–H groups in total. The Morgan fingerprint density at radius 2 is 2.22 bits per heavy atom. The maximum Gasteiger partial charge on any atom is 0.126 e. The van der Waals surface area contributed by atoms with Gasteiger partial charge in [-0.25, -0.2) is 4.39 Å². The number of aromatic nitrogens is 1. The molecule has 4 heteroatoms. The van der Waals surface area contributed by atoms with Crippen LogP contribution in [0.3, 0.4) is 0 Å². The lowest BCUT2D eigenvalue weighted by molar-refractivity contribution is 0.542. The van der Waals surface area contributed by atoms with Gasteiger partial charge < -0.3 is 0 Å². The summed E-state index contributed by atoms with van der Waals surface area (Å²) in [6, 6.07) is 8.90. The second-order valence-corrected chi connectivity index (χ2v) is 4.29. The number of pyridine rings is 1. The zero-order chi connectivity index (χ0) is 13.0. The molecule has 0 amide bonds. The number of aryl methyl sites for hydroxylation is 1. The van der Waals surface area contributed by atoms with Gasteiger partial charge in [-0.15, -0.1) is 0 Å². The predicted octanol–water partition coefficient (Wildman–Crippen LogP) is 2.28. The molecular weight excluding hydrogens is 229 g/mol. The van der Waals surface area contributed by atoms with Crippen molar-refractivity contribution in [3.05, 3.63) is 65.2 Å². The first-order chi connectivity index (χ1) is 8.70. The SMILES string of the molecule is Cc1ccc(C(Cc2cccnc2)NN)cc1F. The lowest BCUT2D eigenvalue weighted by atomic mass is 9.99.